The molecular formula is C16H11N3OS4. The largest absolute Gasteiger partial charge is 0.462 e. The first-order chi connectivity index (χ1) is 11.8. The van der Waals surface area contributed by atoms with Crippen molar-refractivity contribution in [3.8, 4) is 16.5 Å². The number of nitrogens with zero attached hydrogens (tertiary/aromatic N) is 3. The average molecular weight is 390 g/mol. The molecule has 4 rings (SSSR count). The van der Waals surface area contributed by atoms with Crippen LogP contribution in [0.3, 0.4) is 0 Å². The summed E-state index contributed by atoms with van der Waals surface area (Å²) in [7, 11) is 0. The van der Waals surface area contributed by atoms with Crippen molar-refractivity contribution in [3.63, 3.8) is 0 Å². The molecule has 0 spiro atoms. The number of para-hydroxylation sites is 1. The number of thioether (sulfide) groups is 1. The maximum atomic E-state index is 5.42. The van der Waals surface area contributed by atoms with Crippen molar-refractivity contribution in [1.82, 2.24) is 14.8 Å². The van der Waals surface area contributed by atoms with Crippen LogP contribution in [0.15, 0.2) is 62.9 Å². The Morgan fingerprint density at radius 1 is 1.17 bits per heavy atom. The molecule has 0 fully saturated rings. The zero-order valence-electron chi connectivity index (χ0n) is 12.3. The minimum atomic E-state index is 0.748. The third-order valence-corrected chi connectivity index (χ3v) is 6.46. The molecule has 0 unspecified atom stereocenters. The van der Waals surface area contributed by atoms with Gasteiger partial charge in [-0.3, -0.25) is 0 Å². The quantitative estimate of drug-likeness (QED) is 0.325. The van der Waals surface area contributed by atoms with E-state index < -0.39 is 0 Å². The number of aromatic nitrogens is 3. The summed E-state index contributed by atoms with van der Waals surface area (Å²) in [6, 6.07) is 13.7. The van der Waals surface area contributed by atoms with Crippen LogP contribution in [-0.2, 0) is 5.75 Å². The molecule has 24 heavy (non-hydrogen) atoms. The van der Waals surface area contributed by atoms with Crippen LogP contribution in [0, 0.1) is 3.95 Å². The van der Waals surface area contributed by atoms with E-state index in [0.717, 1.165) is 36.2 Å². The third-order valence-electron chi connectivity index (χ3n) is 3.16. The summed E-state index contributed by atoms with van der Waals surface area (Å²) in [5.74, 6) is 1.56. The molecule has 0 saturated carbocycles. The lowest BCUT2D eigenvalue weighted by molar-refractivity contribution is 0.581. The standard InChI is InChI=1S/C16H11N3OS4/c21-16-19(12-5-2-1-3-6-12)18-15(24-16)23-10-11-9-22-14(17-11)13-7-4-8-20-13/h1-9H,10H2. The van der Waals surface area contributed by atoms with Crippen molar-refractivity contribution in [2.75, 3.05) is 0 Å². The number of benzene rings is 1. The van der Waals surface area contributed by atoms with E-state index in [9.17, 15) is 0 Å². The first-order valence-corrected chi connectivity index (χ1v) is 10.2. The fourth-order valence-electron chi connectivity index (χ4n) is 2.07. The van der Waals surface area contributed by atoms with Gasteiger partial charge in [0.1, 0.15) is 0 Å². The smallest absolute Gasteiger partial charge is 0.184 e. The van der Waals surface area contributed by atoms with Gasteiger partial charge in [-0.15, -0.1) is 16.4 Å². The Balaban J connectivity index is 1.48. The van der Waals surface area contributed by atoms with Crippen LogP contribution in [0.2, 0.25) is 0 Å². The van der Waals surface area contributed by atoms with Crippen LogP contribution >= 0.6 is 46.7 Å². The van der Waals surface area contributed by atoms with Gasteiger partial charge in [0.2, 0.25) is 0 Å². The zero-order chi connectivity index (χ0) is 16.4. The summed E-state index contributed by atoms with van der Waals surface area (Å²) in [4.78, 5) is 4.60. The molecule has 4 nitrogen and oxygen atoms in total. The van der Waals surface area contributed by atoms with Crippen molar-refractivity contribution in [2.24, 2.45) is 0 Å². The molecule has 0 aliphatic heterocycles. The van der Waals surface area contributed by atoms with Gasteiger partial charge < -0.3 is 4.42 Å². The molecule has 3 aromatic heterocycles. The van der Waals surface area contributed by atoms with Crippen molar-refractivity contribution < 1.29 is 4.42 Å². The highest BCUT2D eigenvalue weighted by Crippen LogP contribution is 2.30. The second-order valence-corrected chi connectivity index (χ2v) is 8.49. The highest BCUT2D eigenvalue weighted by atomic mass is 32.2. The van der Waals surface area contributed by atoms with E-state index in [2.05, 4.69) is 15.5 Å². The Labute approximate surface area is 155 Å². The van der Waals surface area contributed by atoms with Crippen LogP contribution in [0.1, 0.15) is 5.69 Å². The summed E-state index contributed by atoms with van der Waals surface area (Å²) in [6.07, 6.45) is 1.66. The van der Waals surface area contributed by atoms with E-state index in [1.54, 1.807) is 34.0 Å². The molecule has 120 valence electrons. The van der Waals surface area contributed by atoms with Gasteiger partial charge >= 0.3 is 0 Å². The van der Waals surface area contributed by atoms with E-state index in [0.29, 0.717) is 0 Å². The van der Waals surface area contributed by atoms with Crippen molar-refractivity contribution >= 4 is 46.7 Å². The molecule has 0 amide bonds. The highest BCUT2D eigenvalue weighted by molar-refractivity contribution is 8.00. The van der Waals surface area contributed by atoms with Crippen LogP contribution in [0.5, 0.6) is 0 Å². The fraction of sp³-hybridized carbons (Fsp3) is 0.0625. The van der Waals surface area contributed by atoms with E-state index in [4.69, 9.17) is 16.6 Å². The first kappa shape index (κ1) is 15.8. The minimum absolute atomic E-state index is 0.748. The summed E-state index contributed by atoms with van der Waals surface area (Å²) >= 11 is 10.2. The zero-order valence-corrected chi connectivity index (χ0v) is 15.6. The van der Waals surface area contributed by atoms with Crippen LogP contribution in [0.25, 0.3) is 16.5 Å². The lowest BCUT2D eigenvalue weighted by atomic mass is 10.3. The molecule has 0 saturated heterocycles. The summed E-state index contributed by atoms with van der Waals surface area (Å²) in [5, 5.41) is 7.56. The van der Waals surface area contributed by atoms with Gasteiger partial charge in [0, 0.05) is 11.1 Å². The molecule has 8 heteroatoms. The molecule has 1 aromatic carbocycles. The second kappa shape index (κ2) is 7.02. The topological polar surface area (TPSA) is 43.9 Å². The van der Waals surface area contributed by atoms with Gasteiger partial charge in [0.25, 0.3) is 0 Å². The normalized spacial score (nSPS) is 11.0. The summed E-state index contributed by atoms with van der Waals surface area (Å²) in [6.45, 7) is 0. The number of hydrogen-bond donors (Lipinski definition) is 0. The van der Waals surface area contributed by atoms with Gasteiger partial charge in [-0.1, -0.05) is 41.3 Å². The van der Waals surface area contributed by atoms with Crippen molar-refractivity contribution in [2.45, 2.75) is 10.1 Å². The first-order valence-electron chi connectivity index (χ1n) is 7.06. The van der Waals surface area contributed by atoms with E-state index in [-0.39, 0.29) is 0 Å². The average Bonchev–Trinajstić information content (AvgIpc) is 3.34. The Morgan fingerprint density at radius 3 is 2.83 bits per heavy atom. The fourth-order valence-corrected chi connectivity index (χ4v) is 5.22. The number of furan rings is 1. The Hall–Kier alpha value is -1.74. The number of rotatable bonds is 5. The number of thiazole rings is 1. The van der Waals surface area contributed by atoms with Gasteiger partial charge in [-0.05, 0) is 36.5 Å². The van der Waals surface area contributed by atoms with E-state index >= 15 is 0 Å². The lowest BCUT2D eigenvalue weighted by Gasteiger charge is -1.98. The predicted octanol–water partition coefficient (Wildman–Crippen LogP) is 5.67. The van der Waals surface area contributed by atoms with Crippen molar-refractivity contribution in [1.29, 1.82) is 0 Å². The molecule has 0 atom stereocenters. The molecule has 0 radical (unpaired) electrons. The Morgan fingerprint density at radius 2 is 2.04 bits per heavy atom. The van der Waals surface area contributed by atoms with Crippen LogP contribution in [0.4, 0.5) is 0 Å². The molecule has 4 aromatic rings. The Kier molecular flexibility index (Phi) is 4.61. The van der Waals surface area contributed by atoms with Crippen LogP contribution < -0.4 is 0 Å². The molecular weight excluding hydrogens is 378 g/mol. The van der Waals surface area contributed by atoms with Gasteiger partial charge in [-0.2, -0.15) is 0 Å². The predicted molar refractivity (Wildman–Crippen MR) is 102 cm³/mol. The van der Waals surface area contributed by atoms with Gasteiger partial charge in [0.15, 0.2) is 19.1 Å². The second-order valence-electron chi connectivity index (χ2n) is 4.79. The molecule has 0 N–H and O–H groups in total. The lowest BCUT2D eigenvalue weighted by Crippen LogP contribution is -1.95. The summed E-state index contributed by atoms with van der Waals surface area (Å²) < 4.78 is 8.87. The highest BCUT2D eigenvalue weighted by Gasteiger charge is 2.10. The minimum Gasteiger partial charge on any atom is -0.462 e. The molecule has 0 aliphatic carbocycles. The van der Waals surface area contributed by atoms with Gasteiger partial charge in [-0.25, -0.2) is 9.67 Å². The maximum Gasteiger partial charge on any atom is 0.184 e. The molecule has 3 heterocycles. The van der Waals surface area contributed by atoms with Crippen LogP contribution in [-0.4, -0.2) is 14.8 Å². The summed E-state index contributed by atoms with van der Waals surface area (Å²) in [5.41, 5.74) is 2.00. The maximum absolute atomic E-state index is 5.42. The number of hydrogen-bond acceptors (Lipinski definition) is 7. The van der Waals surface area contributed by atoms with Crippen molar-refractivity contribution in [3.05, 3.63) is 63.8 Å². The van der Waals surface area contributed by atoms with Gasteiger partial charge in [0.05, 0.1) is 17.6 Å². The SMILES string of the molecule is S=c1sc(SCc2csc(-c3ccco3)n2)nn1-c1ccccc1. The third kappa shape index (κ3) is 3.36. The molecule has 0 aliphatic rings. The Bertz CT molecular complexity index is 986. The van der Waals surface area contributed by atoms with E-state index in [1.807, 2.05) is 42.5 Å². The monoisotopic (exact) mass is 389 g/mol. The van der Waals surface area contributed by atoms with E-state index in [1.165, 1.54) is 11.3 Å². The molecule has 0 bridgehead atoms.